The molecule has 1 amide bonds. The average Bonchev–Trinajstić information content (AvgIpc) is 3.19. The van der Waals surface area contributed by atoms with Gasteiger partial charge in [0.05, 0.1) is 24.6 Å². The number of rotatable bonds is 11. The first-order valence-electron chi connectivity index (χ1n) is 10.3. The molecule has 0 saturated heterocycles. The number of amides is 1. The van der Waals surface area contributed by atoms with Crippen molar-refractivity contribution < 1.29 is 31.5 Å². The molecule has 2 aromatic carbocycles. The molecule has 0 aliphatic heterocycles. The monoisotopic (exact) mass is 620 g/mol. The lowest BCUT2D eigenvalue weighted by atomic mass is 10.0. The van der Waals surface area contributed by atoms with Gasteiger partial charge in [-0.05, 0) is 64.4 Å². The molecule has 1 heterocycles. The number of nitrogens with one attached hydrogen (secondary N) is 3. The first-order valence-corrected chi connectivity index (χ1v) is 13.3. The number of benzene rings is 2. The van der Waals surface area contributed by atoms with Gasteiger partial charge < -0.3 is 20.2 Å². The van der Waals surface area contributed by atoms with Crippen molar-refractivity contribution in [3.05, 3.63) is 80.8 Å². The highest BCUT2D eigenvalue weighted by atomic mass is 127. The van der Waals surface area contributed by atoms with Gasteiger partial charge in [0.1, 0.15) is 11.6 Å². The quantitative estimate of drug-likeness (QED) is 0.242. The molecule has 3 aromatic rings. The number of anilines is 1. The number of oxazole rings is 1. The van der Waals surface area contributed by atoms with Gasteiger partial charge in [0.15, 0.2) is 0 Å². The number of nitrogens with zero attached hydrogens (tertiary/aromatic N) is 1. The van der Waals surface area contributed by atoms with Crippen molar-refractivity contribution in [2.75, 3.05) is 17.5 Å². The summed E-state index contributed by atoms with van der Waals surface area (Å²) < 4.78 is 58.2. The first kappa shape index (κ1) is 27.0. The zero-order valence-corrected chi connectivity index (χ0v) is 21.4. The Morgan fingerprint density at radius 3 is 2.54 bits per heavy atom. The van der Waals surface area contributed by atoms with Crippen molar-refractivity contribution in [1.29, 1.82) is 0 Å². The minimum absolute atomic E-state index is 0.0610. The molecule has 2 atom stereocenters. The van der Waals surface area contributed by atoms with Gasteiger partial charge in [-0.25, -0.2) is 26.9 Å². The van der Waals surface area contributed by atoms with Crippen LogP contribution in [0.3, 0.4) is 0 Å². The van der Waals surface area contributed by atoms with Crippen LogP contribution in [0, 0.1) is 15.2 Å². The smallest absolute Gasteiger partial charge is 0.309 e. The van der Waals surface area contributed by atoms with Crippen LogP contribution in [0.25, 0.3) is 0 Å². The summed E-state index contributed by atoms with van der Waals surface area (Å²) >= 11 is 2.19. The number of aliphatic hydroxyl groups excluding tert-OH is 1. The maximum atomic E-state index is 13.7. The van der Waals surface area contributed by atoms with Gasteiger partial charge >= 0.3 is 6.01 Å². The summed E-state index contributed by atoms with van der Waals surface area (Å²) in [5.74, 6) is -2.69. The van der Waals surface area contributed by atoms with Gasteiger partial charge in [0, 0.05) is 22.7 Å². The molecule has 0 bridgehead atoms. The van der Waals surface area contributed by atoms with Crippen LogP contribution in [0.5, 0.6) is 0 Å². The molecule has 35 heavy (non-hydrogen) atoms. The number of aliphatic hydroxyl groups is 1. The second kappa shape index (κ2) is 11.9. The molecule has 0 saturated carbocycles. The number of halogens is 3. The fraction of sp³-hybridized carbons (Fsp3) is 0.273. The van der Waals surface area contributed by atoms with Crippen molar-refractivity contribution >= 4 is 44.5 Å². The number of hydrogen-bond donors (Lipinski definition) is 4. The lowest BCUT2D eigenvalue weighted by Gasteiger charge is -2.24. The molecule has 13 heteroatoms. The van der Waals surface area contributed by atoms with E-state index in [1.54, 1.807) is 0 Å². The second-order valence-corrected chi connectivity index (χ2v) is 10.8. The van der Waals surface area contributed by atoms with Crippen LogP contribution in [0.1, 0.15) is 21.7 Å². The van der Waals surface area contributed by atoms with Crippen molar-refractivity contribution in [1.82, 2.24) is 15.6 Å². The van der Waals surface area contributed by atoms with Gasteiger partial charge in [-0.2, -0.15) is 0 Å². The predicted octanol–water partition coefficient (Wildman–Crippen LogP) is 2.42. The molecule has 0 unspecified atom stereocenters. The maximum absolute atomic E-state index is 13.7. The van der Waals surface area contributed by atoms with E-state index in [-0.39, 0.29) is 24.3 Å². The predicted molar refractivity (Wildman–Crippen MR) is 133 cm³/mol. The van der Waals surface area contributed by atoms with Gasteiger partial charge in [0.2, 0.25) is 15.8 Å². The van der Waals surface area contributed by atoms with Crippen molar-refractivity contribution in [2.45, 2.75) is 25.1 Å². The van der Waals surface area contributed by atoms with E-state index in [9.17, 15) is 27.1 Å². The van der Waals surface area contributed by atoms with E-state index in [2.05, 4.69) is 38.2 Å². The standard InChI is InChI=1S/C22H23F2IN4O5S/c1-35(32,33)29-22-27-12-20(34-22)21(31)28-18(8-14-5-15(23)9-16(24)6-14)19(30)11-26-10-13-3-2-4-17(25)7-13/h2-7,9,12,18-19,26,30H,8,10-11H2,1H3,(H,27,29)(H,28,31)/t18-,19+/m0/s1. The highest BCUT2D eigenvalue weighted by Crippen LogP contribution is 2.15. The Bertz CT molecular complexity index is 1270. The molecule has 0 fully saturated rings. The van der Waals surface area contributed by atoms with Crippen LogP contribution in [-0.4, -0.2) is 49.4 Å². The van der Waals surface area contributed by atoms with Crippen LogP contribution in [0.2, 0.25) is 0 Å². The van der Waals surface area contributed by atoms with Crippen molar-refractivity contribution in [3.63, 3.8) is 0 Å². The van der Waals surface area contributed by atoms with E-state index in [0.717, 1.165) is 39.8 Å². The fourth-order valence-electron chi connectivity index (χ4n) is 3.24. The van der Waals surface area contributed by atoms with E-state index >= 15 is 0 Å². The second-order valence-electron chi connectivity index (χ2n) is 7.79. The zero-order valence-electron chi connectivity index (χ0n) is 18.5. The summed E-state index contributed by atoms with van der Waals surface area (Å²) in [6.45, 7) is 0.511. The summed E-state index contributed by atoms with van der Waals surface area (Å²) in [5.41, 5.74) is 1.21. The zero-order chi connectivity index (χ0) is 25.6. The molecule has 4 N–H and O–H groups in total. The van der Waals surface area contributed by atoms with Crippen LogP contribution in [0.15, 0.2) is 53.1 Å². The first-order chi connectivity index (χ1) is 16.5. The van der Waals surface area contributed by atoms with E-state index in [1.807, 2.05) is 29.0 Å². The van der Waals surface area contributed by atoms with Gasteiger partial charge in [-0.15, -0.1) is 0 Å². The van der Waals surface area contributed by atoms with Crippen LogP contribution >= 0.6 is 22.6 Å². The van der Waals surface area contributed by atoms with Gasteiger partial charge in [-0.3, -0.25) is 4.79 Å². The van der Waals surface area contributed by atoms with Gasteiger partial charge in [0.25, 0.3) is 5.91 Å². The number of aromatic nitrogens is 1. The third-order valence-corrected chi connectivity index (χ3v) is 5.95. The fourth-order valence-corrected chi connectivity index (χ4v) is 4.26. The summed E-state index contributed by atoms with van der Waals surface area (Å²) in [5, 5.41) is 16.5. The molecule has 3 rings (SSSR count). The Kier molecular flexibility index (Phi) is 9.15. The van der Waals surface area contributed by atoms with E-state index in [1.165, 1.54) is 0 Å². The Morgan fingerprint density at radius 1 is 1.17 bits per heavy atom. The maximum Gasteiger partial charge on any atom is 0.309 e. The lowest BCUT2D eigenvalue weighted by molar-refractivity contribution is 0.0805. The Hall–Kier alpha value is -2.62. The Morgan fingerprint density at radius 2 is 1.89 bits per heavy atom. The molecular weight excluding hydrogens is 597 g/mol. The number of carbonyl (C=O) groups excluding carboxylic acids is 1. The molecule has 1 aromatic heterocycles. The molecular formula is C22H23F2IN4O5S. The Labute approximate surface area is 214 Å². The van der Waals surface area contributed by atoms with Crippen LogP contribution in [0.4, 0.5) is 14.8 Å². The highest BCUT2D eigenvalue weighted by Gasteiger charge is 2.25. The third-order valence-electron chi connectivity index (χ3n) is 4.73. The lowest BCUT2D eigenvalue weighted by Crippen LogP contribution is -2.48. The van der Waals surface area contributed by atoms with Crippen LogP contribution in [-0.2, 0) is 23.0 Å². The summed E-state index contributed by atoms with van der Waals surface area (Å²) in [6, 6.07) is 9.31. The largest absolute Gasteiger partial charge is 0.418 e. The minimum Gasteiger partial charge on any atom is -0.418 e. The molecule has 188 valence electrons. The third kappa shape index (κ3) is 8.83. The number of sulfonamides is 1. The van der Waals surface area contributed by atoms with E-state index in [4.69, 9.17) is 4.42 Å². The normalized spacial score (nSPS) is 13.3. The molecule has 0 spiro atoms. The van der Waals surface area contributed by atoms with Crippen molar-refractivity contribution in [3.8, 4) is 0 Å². The molecule has 9 nitrogen and oxygen atoms in total. The van der Waals surface area contributed by atoms with Crippen molar-refractivity contribution in [2.24, 2.45) is 0 Å². The number of carbonyl (C=O) groups is 1. The number of hydrogen-bond acceptors (Lipinski definition) is 7. The average molecular weight is 620 g/mol. The van der Waals surface area contributed by atoms with Gasteiger partial charge in [-0.1, -0.05) is 12.1 Å². The Balaban J connectivity index is 1.71. The summed E-state index contributed by atoms with van der Waals surface area (Å²) in [7, 11) is -3.67. The topological polar surface area (TPSA) is 134 Å². The van der Waals surface area contributed by atoms with E-state index in [0.29, 0.717) is 6.54 Å². The molecule has 0 aliphatic carbocycles. The summed E-state index contributed by atoms with van der Waals surface area (Å²) in [4.78, 5) is 16.4. The minimum atomic E-state index is -3.67. The SMILES string of the molecule is CS(=O)(=O)Nc1ncc(C(=O)N[C@@H](Cc2cc(F)cc(F)c2)[C@H](O)CNCc2cccc(I)c2)o1. The molecule has 0 radical (unpaired) electrons. The van der Waals surface area contributed by atoms with Crippen LogP contribution < -0.4 is 15.4 Å². The summed E-state index contributed by atoms with van der Waals surface area (Å²) in [6.07, 6.45) is 0.674. The highest BCUT2D eigenvalue weighted by molar-refractivity contribution is 14.1. The molecule has 0 aliphatic rings. The van der Waals surface area contributed by atoms with E-state index < -0.39 is 45.7 Å².